The summed E-state index contributed by atoms with van der Waals surface area (Å²) in [7, 11) is 0. The molecule has 4 heteroatoms. The average Bonchev–Trinajstić information content (AvgIpc) is 3.05. The van der Waals surface area contributed by atoms with Crippen LogP contribution in [0.1, 0.15) is 226 Å². The maximum atomic E-state index is 11.8. The molecule has 0 aromatic heterocycles. The summed E-state index contributed by atoms with van der Waals surface area (Å²) in [5.41, 5.74) is 0. The molecule has 0 aliphatic heterocycles. The van der Waals surface area contributed by atoms with Gasteiger partial charge in [0.05, 0.1) is 18.8 Å². The molecule has 0 aromatic carbocycles. The lowest BCUT2D eigenvalue weighted by Gasteiger charge is -2.19. The van der Waals surface area contributed by atoms with E-state index in [9.17, 15) is 15.0 Å². The molecule has 2 atom stereocenters. The Morgan fingerprint density at radius 3 is 1.13 bits per heavy atom. The Labute approximate surface area is 282 Å². The Morgan fingerprint density at radius 2 is 0.822 bits per heavy atom. The summed E-state index contributed by atoms with van der Waals surface area (Å²) in [6.45, 7) is 4.09. The minimum Gasteiger partial charge on any atom is -0.394 e. The molecule has 2 unspecified atom stereocenters. The van der Waals surface area contributed by atoms with Crippen molar-refractivity contribution in [2.24, 2.45) is 0 Å². The Morgan fingerprint density at radius 1 is 0.511 bits per heavy atom. The maximum absolute atomic E-state index is 11.8. The first kappa shape index (κ1) is 44.1. The summed E-state index contributed by atoms with van der Waals surface area (Å²) in [5, 5.41) is 22.4. The minimum absolute atomic E-state index is 0.0979. The normalized spacial score (nSPS) is 13.1. The summed E-state index contributed by atoms with van der Waals surface area (Å²) >= 11 is 0. The summed E-state index contributed by atoms with van der Waals surface area (Å²) in [5.74, 6) is -0.0979. The molecule has 0 radical (unpaired) electrons. The molecular formula is C41H81NO3. The Kier molecular flexibility index (Phi) is 36.9. The standard InChI is InChI=1S/C41H81NO3/c1-3-5-7-8-9-10-11-12-13-14-15-16-17-18-19-20-21-22-23-24-25-26-27-28-29-30-31-32-33-34-35-36-40(44)39(38-43)42-41(45)37-6-4-2/h35-36,39-40,43-44H,3-34,37-38H2,1-2H3,(H,42,45)/b36-35+. The third kappa shape index (κ3) is 34.3. The molecule has 0 rings (SSSR count). The first-order valence-electron chi connectivity index (χ1n) is 20.4. The van der Waals surface area contributed by atoms with Gasteiger partial charge in [-0.05, 0) is 19.3 Å². The molecule has 0 bridgehead atoms. The molecular weight excluding hydrogens is 554 g/mol. The Hall–Kier alpha value is -0.870. The van der Waals surface area contributed by atoms with Gasteiger partial charge in [-0.3, -0.25) is 4.79 Å². The van der Waals surface area contributed by atoms with Gasteiger partial charge in [0.25, 0.3) is 0 Å². The van der Waals surface area contributed by atoms with Gasteiger partial charge in [-0.2, -0.15) is 0 Å². The highest BCUT2D eigenvalue weighted by Gasteiger charge is 2.17. The van der Waals surface area contributed by atoms with Crippen molar-refractivity contribution in [2.75, 3.05) is 6.61 Å². The molecule has 268 valence electrons. The van der Waals surface area contributed by atoms with E-state index in [4.69, 9.17) is 0 Å². The lowest BCUT2D eigenvalue weighted by Crippen LogP contribution is -2.45. The summed E-state index contributed by atoms with van der Waals surface area (Å²) in [6, 6.07) is -0.612. The van der Waals surface area contributed by atoms with Crippen LogP contribution in [0.5, 0.6) is 0 Å². The van der Waals surface area contributed by atoms with Crippen molar-refractivity contribution in [3.63, 3.8) is 0 Å². The van der Waals surface area contributed by atoms with Gasteiger partial charge in [0.15, 0.2) is 0 Å². The average molecular weight is 636 g/mol. The van der Waals surface area contributed by atoms with Crippen molar-refractivity contribution in [1.82, 2.24) is 5.32 Å². The van der Waals surface area contributed by atoms with E-state index in [-0.39, 0.29) is 12.5 Å². The topological polar surface area (TPSA) is 69.6 Å². The van der Waals surface area contributed by atoms with Gasteiger partial charge < -0.3 is 15.5 Å². The molecule has 0 aliphatic carbocycles. The van der Waals surface area contributed by atoms with Gasteiger partial charge in [0, 0.05) is 6.42 Å². The number of rotatable bonds is 37. The predicted molar refractivity (Wildman–Crippen MR) is 198 cm³/mol. The van der Waals surface area contributed by atoms with Crippen molar-refractivity contribution < 1.29 is 15.0 Å². The number of carbonyl (C=O) groups excluding carboxylic acids is 1. The zero-order valence-corrected chi connectivity index (χ0v) is 30.7. The second kappa shape index (κ2) is 37.6. The van der Waals surface area contributed by atoms with Crippen LogP contribution in [-0.4, -0.2) is 34.9 Å². The van der Waals surface area contributed by atoms with E-state index in [0.29, 0.717) is 6.42 Å². The number of hydrogen-bond acceptors (Lipinski definition) is 3. The van der Waals surface area contributed by atoms with E-state index in [1.807, 2.05) is 13.0 Å². The van der Waals surface area contributed by atoms with E-state index in [2.05, 4.69) is 12.2 Å². The number of aliphatic hydroxyl groups excluding tert-OH is 2. The van der Waals surface area contributed by atoms with Gasteiger partial charge in [0.2, 0.25) is 5.91 Å². The van der Waals surface area contributed by atoms with Crippen molar-refractivity contribution in [1.29, 1.82) is 0 Å². The first-order valence-corrected chi connectivity index (χ1v) is 20.4. The second-order valence-corrected chi connectivity index (χ2v) is 14.1. The number of carbonyl (C=O) groups is 1. The lowest BCUT2D eigenvalue weighted by atomic mass is 10.0. The molecule has 0 aromatic rings. The number of allylic oxidation sites excluding steroid dienone is 1. The molecule has 0 spiro atoms. The van der Waals surface area contributed by atoms with Gasteiger partial charge in [-0.15, -0.1) is 0 Å². The zero-order valence-electron chi connectivity index (χ0n) is 30.7. The van der Waals surface area contributed by atoms with Crippen LogP contribution in [0.3, 0.4) is 0 Å². The van der Waals surface area contributed by atoms with Crippen molar-refractivity contribution in [2.45, 2.75) is 238 Å². The first-order chi connectivity index (χ1) is 22.2. The fraction of sp³-hybridized carbons (Fsp3) is 0.927. The highest BCUT2D eigenvalue weighted by atomic mass is 16.3. The van der Waals surface area contributed by atoms with Gasteiger partial charge in [-0.1, -0.05) is 212 Å². The summed E-state index contributed by atoms with van der Waals surface area (Å²) in [6.07, 6.45) is 47.2. The number of hydrogen-bond donors (Lipinski definition) is 3. The molecule has 1 amide bonds. The van der Waals surface area contributed by atoms with Crippen LogP contribution >= 0.6 is 0 Å². The molecule has 0 aliphatic rings. The fourth-order valence-electron chi connectivity index (χ4n) is 6.33. The third-order valence-electron chi connectivity index (χ3n) is 9.52. The number of unbranched alkanes of at least 4 members (excludes halogenated alkanes) is 30. The van der Waals surface area contributed by atoms with E-state index in [1.165, 1.54) is 180 Å². The highest BCUT2D eigenvalue weighted by molar-refractivity contribution is 5.76. The van der Waals surface area contributed by atoms with E-state index < -0.39 is 12.1 Å². The molecule has 4 nitrogen and oxygen atoms in total. The molecule has 0 heterocycles. The van der Waals surface area contributed by atoms with Crippen LogP contribution in [0.25, 0.3) is 0 Å². The summed E-state index contributed by atoms with van der Waals surface area (Å²) in [4.78, 5) is 11.8. The van der Waals surface area contributed by atoms with Crippen LogP contribution in [0.15, 0.2) is 12.2 Å². The SMILES string of the molecule is CCCCCCCCCCCCCCCCCCCCCCCCCCCCCCC/C=C/C(O)C(CO)NC(=O)CCCC. The summed E-state index contributed by atoms with van der Waals surface area (Å²) < 4.78 is 0. The van der Waals surface area contributed by atoms with E-state index in [0.717, 1.165) is 25.7 Å². The minimum atomic E-state index is -0.829. The molecule has 0 fully saturated rings. The number of amides is 1. The Balaban J connectivity index is 3.28. The largest absolute Gasteiger partial charge is 0.394 e. The Bertz CT molecular complexity index is 608. The number of aliphatic hydroxyl groups is 2. The smallest absolute Gasteiger partial charge is 0.220 e. The van der Waals surface area contributed by atoms with Crippen molar-refractivity contribution in [3.05, 3.63) is 12.2 Å². The molecule has 45 heavy (non-hydrogen) atoms. The highest BCUT2D eigenvalue weighted by Crippen LogP contribution is 2.16. The predicted octanol–water partition coefficient (Wildman–Crippen LogP) is 12.3. The maximum Gasteiger partial charge on any atom is 0.220 e. The van der Waals surface area contributed by atoms with E-state index in [1.54, 1.807) is 6.08 Å². The monoisotopic (exact) mass is 636 g/mol. The third-order valence-corrected chi connectivity index (χ3v) is 9.52. The van der Waals surface area contributed by atoms with Crippen LogP contribution < -0.4 is 5.32 Å². The molecule has 3 N–H and O–H groups in total. The lowest BCUT2D eigenvalue weighted by molar-refractivity contribution is -0.123. The van der Waals surface area contributed by atoms with Crippen molar-refractivity contribution >= 4 is 5.91 Å². The van der Waals surface area contributed by atoms with Gasteiger partial charge in [-0.25, -0.2) is 0 Å². The number of nitrogens with one attached hydrogen (secondary N) is 1. The molecule has 0 saturated heterocycles. The van der Waals surface area contributed by atoms with Crippen LogP contribution in [0.4, 0.5) is 0 Å². The second-order valence-electron chi connectivity index (χ2n) is 14.1. The fourth-order valence-corrected chi connectivity index (χ4v) is 6.33. The van der Waals surface area contributed by atoms with Crippen LogP contribution in [0, 0.1) is 0 Å². The molecule has 0 saturated carbocycles. The zero-order chi connectivity index (χ0) is 32.9. The van der Waals surface area contributed by atoms with Gasteiger partial charge >= 0.3 is 0 Å². The van der Waals surface area contributed by atoms with Crippen molar-refractivity contribution in [3.8, 4) is 0 Å². The van der Waals surface area contributed by atoms with Crippen LogP contribution in [-0.2, 0) is 4.79 Å². The van der Waals surface area contributed by atoms with Gasteiger partial charge in [0.1, 0.15) is 0 Å². The quantitative estimate of drug-likeness (QED) is 0.0470. The van der Waals surface area contributed by atoms with E-state index >= 15 is 0 Å². The van der Waals surface area contributed by atoms with Crippen LogP contribution in [0.2, 0.25) is 0 Å².